The van der Waals surface area contributed by atoms with E-state index in [4.69, 9.17) is 14.3 Å². The summed E-state index contributed by atoms with van der Waals surface area (Å²) in [5.74, 6) is -0.577. The molecule has 2 atom stereocenters. The zero-order valence-electron chi connectivity index (χ0n) is 22.1. The molecular weight excluding hydrogens is 472 g/mol. The maximum absolute atomic E-state index is 12.2. The molecule has 0 spiro atoms. The number of aromatic nitrogens is 2. The summed E-state index contributed by atoms with van der Waals surface area (Å²) in [6, 6.07) is 15.0. The van der Waals surface area contributed by atoms with E-state index in [2.05, 4.69) is 67.6 Å². The number of carbonyl (C=O) groups excluding carboxylic acids is 1. The van der Waals surface area contributed by atoms with Crippen molar-refractivity contribution in [2.75, 3.05) is 18.5 Å². The van der Waals surface area contributed by atoms with Gasteiger partial charge in [-0.05, 0) is 53.3 Å². The molecule has 0 aliphatic carbocycles. The van der Waals surface area contributed by atoms with Gasteiger partial charge in [0.2, 0.25) is 0 Å². The van der Waals surface area contributed by atoms with Crippen LogP contribution in [0.3, 0.4) is 0 Å². The van der Waals surface area contributed by atoms with Crippen LogP contribution < -0.4 is 15.4 Å². The van der Waals surface area contributed by atoms with Crippen LogP contribution in [0.15, 0.2) is 52.9 Å². The number of carboxylic acids is 1. The Morgan fingerprint density at radius 1 is 1.05 bits per heavy atom. The van der Waals surface area contributed by atoms with E-state index in [9.17, 15) is 9.59 Å². The monoisotopic (exact) mass is 508 g/mol. The van der Waals surface area contributed by atoms with E-state index in [1.54, 1.807) is 12.1 Å². The van der Waals surface area contributed by atoms with E-state index >= 15 is 0 Å². The Morgan fingerprint density at radius 3 is 2.32 bits per heavy atom. The molecule has 9 nitrogen and oxygen atoms in total. The van der Waals surface area contributed by atoms with Gasteiger partial charge in [-0.3, -0.25) is 9.59 Å². The number of rotatable bonds is 12. The van der Waals surface area contributed by atoms with Gasteiger partial charge in [-0.25, -0.2) is 0 Å². The number of hydrogen-bond acceptors (Lipinski definition) is 7. The summed E-state index contributed by atoms with van der Waals surface area (Å²) in [5, 5.41) is 22.9. The smallest absolute Gasteiger partial charge is 0.414 e. The van der Waals surface area contributed by atoms with Gasteiger partial charge in [-0.2, -0.15) is 0 Å². The molecule has 0 aliphatic heterocycles. The highest BCUT2D eigenvalue weighted by atomic mass is 16.6. The van der Waals surface area contributed by atoms with Gasteiger partial charge in [-0.15, -0.1) is 5.10 Å². The number of ether oxygens (including phenoxy) is 1. The molecule has 0 saturated carbocycles. The zero-order valence-corrected chi connectivity index (χ0v) is 22.1. The fourth-order valence-electron chi connectivity index (χ4n) is 3.61. The SMILES string of the molecule is CCC(C)C(COc1nnc(-c2ccc(C(C)(C)C)cc2)o1)Nc1ccc(C(=O)NCCC(=O)O)cc1. The van der Waals surface area contributed by atoms with Crippen molar-refractivity contribution < 1.29 is 23.8 Å². The van der Waals surface area contributed by atoms with Gasteiger partial charge in [-0.1, -0.05) is 58.3 Å². The van der Waals surface area contributed by atoms with Crippen LogP contribution in [0.5, 0.6) is 6.08 Å². The van der Waals surface area contributed by atoms with Crippen molar-refractivity contribution in [3.05, 3.63) is 59.7 Å². The Labute approximate surface area is 217 Å². The van der Waals surface area contributed by atoms with Gasteiger partial charge in [0.15, 0.2) is 0 Å². The number of hydrogen-bond donors (Lipinski definition) is 3. The summed E-state index contributed by atoms with van der Waals surface area (Å²) in [6.07, 6.45) is 0.922. The van der Waals surface area contributed by atoms with E-state index in [1.165, 1.54) is 5.56 Å². The number of carboxylic acid groups (broad SMARTS) is 1. The number of carbonyl (C=O) groups is 2. The fourth-order valence-corrected chi connectivity index (χ4v) is 3.61. The van der Waals surface area contributed by atoms with Gasteiger partial charge in [0.1, 0.15) is 6.61 Å². The summed E-state index contributed by atoms with van der Waals surface area (Å²) in [7, 11) is 0. The van der Waals surface area contributed by atoms with Gasteiger partial charge >= 0.3 is 12.0 Å². The van der Waals surface area contributed by atoms with Gasteiger partial charge < -0.3 is 24.9 Å². The molecule has 3 N–H and O–H groups in total. The molecule has 0 bridgehead atoms. The van der Waals surface area contributed by atoms with Crippen molar-refractivity contribution in [1.82, 2.24) is 15.5 Å². The van der Waals surface area contributed by atoms with Crippen molar-refractivity contribution in [3.8, 4) is 17.5 Å². The minimum Gasteiger partial charge on any atom is -0.481 e. The lowest BCUT2D eigenvalue weighted by atomic mass is 9.87. The van der Waals surface area contributed by atoms with Gasteiger partial charge in [0, 0.05) is 23.4 Å². The molecule has 0 fully saturated rings. The Hall–Kier alpha value is -3.88. The Bertz CT molecular complexity index is 1170. The minimum absolute atomic E-state index is 0.0401. The maximum atomic E-state index is 12.2. The first-order valence-electron chi connectivity index (χ1n) is 12.5. The van der Waals surface area contributed by atoms with Crippen LogP contribution in [0, 0.1) is 5.92 Å². The van der Waals surface area contributed by atoms with E-state index in [-0.39, 0.29) is 42.3 Å². The average Bonchev–Trinajstić information content (AvgIpc) is 3.35. The summed E-state index contributed by atoms with van der Waals surface area (Å²) in [6.45, 7) is 11.1. The molecule has 1 amide bonds. The lowest BCUT2D eigenvalue weighted by Gasteiger charge is -2.24. The standard InChI is InChI=1S/C28H36N4O5/c1-6-18(2)23(30-22-13-9-19(10-14-22)25(35)29-16-15-24(33)34)17-36-27-32-31-26(37-27)20-7-11-21(12-8-20)28(3,4)5/h7-14,18,23,30H,6,15-17H2,1-5H3,(H,29,35)(H,33,34). The number of benzene rings is 2. The van der Waals surface area contributed by atoms with Crippen LogP contribution in [0.1, 0.15) is 63.4 Å². The molecule has 198 valence electrons. The molecule has 2 unspecified atom stereocenters. The summed E-state index contributed by atoms with van der Waals surface area (Å²) in [4.78, 5) is 22.8. The van der Waals surface area contributed by atoms with Crippen LogP contribution in [0.25, 0.3) is 11.5 Å². The molecule has 3 aromatic rings. The van der Waals surface area contributed by atoms with E-state index in [0.717, 1.165) is 17.7 Å². The molecule has 3 rings (SSSR count). The fraction of sp³-hybridized carbons (Fsp3) is 0.429. The topological polar surface area (TPSA) is 127 Å². The van der Waals surface area contributed by atoms with Crippen molar-refractivity contribution >= 4 is 17.6 Å². The van der Waals surface area contributed by atoms with Crippen molar-refractivity contribution in [1.29, 1.82) is 0 Å². The maximum Gasteiger partial charge on any atom is 0.414 e. The Balaban J connectivity index is 1.59. The van der Waals surface area contributed by atoms with Crippen molar-refractivity contribution in [2.24, 2.45) is 5.92 Å². The second kappa shape index (κ2) is 12.4. The first-order valence-corrected chi connectivity index (χ1v) is 12.5. The van der Waals surface area contributed by atoms with Gasteiger partial charge in [0.25, 0.3) is 11.8 Å². The average molecular weight is 509 g/mol. The second-order valence-electron chi connectivity index (χ2n) is 10.1. The molecule has 1 heterocycles. The van der Waals surface area contributed by atoms with Crippen LogP contribution in [0.2, 0.25) is 0 Å². The summed E-state index contributed by atoms with van der Waals surface area (Å²) in [5.41, 5.74) is 3.41. The number of nitrogens with zero attached hydrogens (tertiary/aromatic N) is 2. The molecule has 2 aromatic carbocycles. The third kappa shape index (κ3) is 8.06. The quantitative estimate of drug-likeness (QED) is 0.307. The van der Waals surface area contributed by atoms with Crippen LogP contribution in [0.4, 0.5) is 5.69 Å². The highest BCUT2D eigenvalue weighted by Crippen LogP contribution is 2.27. The van der Waals surface area contributed by atoms with Gasteiger partial charge in [0.05, 0.1) is 12.5 Å². The molecule has 0 aliphatic rings. The third-order valence-corrected chi connectivity index (χ3v) is 6.25. The highest BCUT2D eigenvalue weighted by Gasteiger charge is 2.20. The molecular formula is C28H36N4O5. The number of amides is 1. The first kappa shape index (κ1) is 27.7. The lowest BCUT2D eigenvalue weighted by Crippen LogP contribution is -2.33. The van der Waals surface area contributed by atoms with Crippen molar-refractivity contribution in [2.45, 2.75) is 58.9 Å². The molecule has 9 heteroatoms. The minimum atomic E-state index is -0.954. The molecule has 0 radical (unpaired) electrons. The van der Waals surface area contributed by atoms with Crippen molar-refractivity contribution in [3.63, 3.8) is 0 Å². The molecule has 0 saturated heterocycles. The number of anilines is 1. The van der Waals surface area contributed by atoms with Crippen LogP contribution in [-0.4, -0.2) is 46.4 Å². The lowest BCUT2D eigenvalue weighted by molar-refractivity contribution is -0.136. The third-order valence-electron chi connectivity index (χ3n) is 6.25. The predicted molar refractivity (Wildman–Crippen MR) is 142 cm³/mol. The summed E-state index contributed by atoms with van der Waals surface area (Å²) < 4.78 is 11.6. The van der Waals surface area contributed by atoms with E-state index in [1.807, 2.05) is 24.3 Å². The van der Waals surface area contributed by atoms with E-state index in [0.29, 0.717) is 18.1 Å². The highest BCUT2D eigenvalue weighted by molar-refractivity contribution is 5.94. The second-order valence-corrected chi connectivity index (χ2v) is 10.1. The van der Waals surface area contributed by atoms with E-state index < -0.39 is 5.97 Å². The zero-order chi connectivity index (χ0) is 27.0. The van der Waals surface area contributed by atoms with Crippen LogP contribution in [-0.2, 0) is 10.2 Å². The predicted octanol–water partition coefficient (Wildman–Crippen LogP) is 5.14. The summed E-state index contributed by atoms with van der Waals surface area (Å²) >= 11 is 0. The Kier molecular flexibility index (Phi) is 9.27. The number of aliphatic carboxylic acids is 1. The Morgan fingerprint density at radius 2 is 1.73 bits per heavy atom. The number of nitrogens with one attached hydrogen (secondary N) is 2. The first-order chi connectivity index (χ1) is 17.6. The molecule has 1 aromatic heterocycles. The van der Waals surface area contributed by atoms with Crippen LogP contribution >= 0.6 is 0 Å². The molecule has 37 heavy (non-hydrogen) atoms. The largest absolute Gasteiger partial charge is 0.481 e. The normalized spacial score (nSPS) is 13.0.